The predicted octanol–water partition coefficient (Wildman–Crippen LogP) is 3.55. The van der Waals surface area contributed by atoms with E-state index in [9.17, 15) is 9.59 Å². The molecule has 7 nitrogen and oxygen atoms in total. The van der Waals surface area contributed by atoms with Crippen LogP contribution in [0.15, 0.2) is 48.5 Å². The van der Waals surface area contributed by atoms with E-state index < -0.39 is 5.97 Å². The van der Waals surface area contributed by atoms with Crippen molar-refractivity contribution < 1.29 is 14.3 Å². The number of carbonyl (C=O) groups excluding carboxylic acids is 2. The number of amides is 1. The first-order valence-corrected chi connectivity index (χ1v) is 9.57. The van der Waals surface area contributed by atoms with Crippen molar-refractivity contribution in [1.29, 1.82) is 0 Å². The normalized spacial score (nSPS) is 12.2. The van der Waals surface area contributed by atoms with E-state index in [0.717, 1.165) is 20.7 Å². The van der Waals surface area contributed by atoms with E-state index in [2.05, 4.69) is 15.2 Å². The summed E-state index contributed by atoms with van der Waals surface area (Å²) in [5.41, 5.74) is 1.82. The summed E-state index contributed by atoms with van der Waals surface area (Å²) < 4.78 is 6.26. The number of carbonyl (C=O) groups is 2. The molecule has 1 atom stereocenters. The van der Waals surface area contributed by atoms with Gasteiger partial charge in [0, 0.05) is 12.4 Å². The highest BCUT2D eigenvalue weighted by Gasteiger charge is 2.23. The summed E-state index contributed by atoms with van der Waals surface area (Å²) in [4.78, 5) is 31.0. The van der Waals surface area contributed by atoms with Crippen LogP contribution in [0.3, 0.4) is 0 Å². The fraction of sp³-hybridized carbons (Fsp3) is 0.200. The zero-order valence-electron chi connectivity index (χ0n) is 15.4. The lowest BCUT2D eigenvalue weighted by Gasteiger charge is -2.22. The van der Waals surface area contributed by atoms with Crippen molar-refractivity contribution in [3.8, 4) is 0 Å². The van der Waals surface area contributed by atoms with Crippen molar-refractivity contribution >= 4 is 44.3 Å². The second-order valence-corrected chi connectivity index (χ2v) is 7.46. The van der Waals surface area contributed by atoms with Gasteiger partial charge in [0.1, 0.15) is 5.01 Å². The minimum absolute atomic E-state index is 0.172. The number of aromatic nitrogens is 3. The lowest BCUT2D eigenvalue weighted by Crippen LogP contribution is -2.33. The summed E-state index contributed by atoms with van der Waals surface area (Å²) >= 11 is 1.55. The van der Waals surface area contributed by atoms with Crippen LogP contribution in [0.2, 0.25) is 0 Å². The standard InChI is InChI=1S/C20H18N4O3S/c1-12(19-21-15-9-5-6-10-16(15)28-19)24(2)17(25)11-27-20(26)18-13-7-3-4-8-14(13)22-23-18/h3-10,12H,11H2,1-2H3,(H,22,23)/t12-/m0/s1. The van der Waals surface area contributed by atoms with E-state index in [1.54, 1.807) is 24.5 Å². The number of nitrogens with zero attached hydrogens (tertiary/aromatic N) is 3. The van der Waals surface area contributed by atoms with Crippen LogP contribution in [-0.2, 0) is 9.53 Å². The zero-order chi connectivity index (χ0) is 19.7. The molecule has 0 aliphatic carbocycles. The molecule has 2 aromatic carbocycles. The van der Waals surface area contributed by atoms with Crippen LogP contribution in [0.25, 0.3) is 21.1 Å². The zero-order valence-corrected chi connectivity index (χ0v) is 16.2. The summed E-state index contributed by atoms with van der Waals surface area (Å²) in [5.74, 6) is -0.938. The Kier molecular flexibility index (Phi) is 4.79. The lowest BCUT2D eigenvalue weighted by atomic mass is 10.2. The second-order valence-electron chi connectivity index (χ2n) is 6.39. The smallest absolute Gasteiger partial charge is 0.359 e. The predicted molar refractivity (Wildman–Crippen MR) is 107 cm³/mol. The van der Waals surface area contributed by atoms with Gasteiger partial charge in [0.2, 0.25) is 0 Å². The Bertz CT molecular complexity index is 1130. The van der Waals surface area contributed by atoms with E-state index in [4.69, 9.17) is 4.74 Å². The number of likely N-dealkylation sites (N-methyl/N-ethyl adjacent to an activating group) is 1. The van der Waals surface area contributed by atoms with Crippen molar-refractivity contribution in [1.82, 2.24) is 20.1 Å². The molecule has 0 bridgehead atoms. The van der Waals surface area contributed by atoms with Gasteiger partial charge in [-0.2, -0.15) is 5.10 Å². The topological polar surface area (TPSA) is 88.2 Å². The summed E-state index contributed by atoms with van der Waals surface area (Å²) in [6.45, 7) is 1.55. The third kappa shape index (κ3) is 3.34. The number of fused-ring (bicyclic) bond motifs is 2. The maximum absolute atomic E-state index is 12.5. The van der Waals surface area contributed by atoms with Crippen molar-refractivity contribution in [3.05, 3.63) is 59.2 Å². The average Bonchev–Trinajstić information content (AvgIpc) is 3.34. The van der Waals surface area contributed by atoms with Gasteiger partial charge >= 0.3 is 5.97 Å². The Morgan fingerprint density at radius 3 is 2.75 bits per heavy atom. The van der Waals surface area contributed by atoms with E-state index >= 15 is 0 Å². The minimum Gasteiger partial charge on any atom is -0.451 e. The Morgan fingerprint density at radius 2 is 1.93 bits per heavy atom. The molecular formula is C20H18N4O3S. The van der Waals surface area contributed by atoms with E-state index in [1.807, 2.05) is 49.4 Å². The third-order valence-corrected chi connectivity index (χ3v) is 5.84. The lowest BCUT2D eigenvalue weighted by molar-refractivity contribution is -0.135. The molecule has 4 rings (SSSR count). The molecule has 0 radical (unpaired) electrons. The summed E-state index contributed by atoms with van der Waals surface area (Å²) in [5, 5.41) is 8.27. The van der Waals surface area contributed by atoms with Crippen LogP contribution >= 0.6 is 11.3 Å². The molecule has 0 fully saturated rings. The highest BCUT2D eigenvalue weighted by atomic mass is 32.1. The molecule has 0 aliphatic heterocycles. The first-order chi connectivity index (χ1) is 13.5. The molecule has 0 unspecified atom stereocenters. The molecule has 0 aliphatic rings. The summed E-state index contributed by atoms with van der Waals surface area (Å²) in [6.07, 6.45) is 0. The van der Waals surface area contributed by atoms with Gasteiger partial charge in [-0.05, 0) is 25.1 Å². The summed E-state index contributed by atoms with van der Waals surface area (Å²) in [7, 11) is 1.68. The van der Waals surface area contributed by atoms with Crippen LogP contribution in [0.4, 0.5) is 0 Å². The Labute approximate surface area is 164 Å². The van der Waals surface area contributed by atoms with E-state index in [0.29, 0.717) is 5.39 Å². The molecule has 0 saturated carbocycles. The molecule has 1 N–H and O–H groups in total. The maximum atomic E-state index is 12.5. The number of para-hydroxylation sites is 2. The Hall–Kier alpha value is -3.26. The molecule has 4 aromatic rings. The van der Waals surface area contributed by atoms with Gasteiger partial charge in [0.05, 0.1) is 21.8 Å². The van der Waals surface area contributed by atoms with Crippen molar-refractivity contribution in [2.45, 2.75) is 13.0 Å². The van der Waals surface area contributed by atoms with Gasteiger partial charge in [0.15, 0.2) is 12.3 Å². The van der Waals surface area contributed by atoms with Crippen LogP contribution in [0, 0.1) is 0 Å². The third-order valence-electron chi connectivity index (χ3n) is 4.63. The van der Waals surface area contributed by atoms with Crippen molar-refractivity contribution in [2.75, 3.05) is 13.7 Å². The number of rotatable bonds is 5. The SMILES string of the molecule is C[C@@H](c1nc2ccccc2s1)N(C)C(=O)COC(=O)c1n[nH]c2ccccc12. The Morgan fingerprint density at radius 1 is 1.18 bits per heavy atom. The maximum Gasteiger partial charge on any atom is 0.359 e. The number of hydrogen-bond donors (Lipinski definition) is 1. The number of H-pyrrole nitrogens is 1. The number of esters is 1. The van der Waals surface area contributed by atoms with Crippen LogP contribution in [-0.4, -0.2) is 45.6 Å². The monoisotopic (exact) mass is 394 g/mol. The van der Waals surface area contributed by atoms with Crippen molar-refractivity contribution in [2.24, 2.45) is 0 Å². The largest absolute Gasteiger partial charge is 0.451 e. The molecule has 1 amide bonds. The number of benzene rings is 2. The van der Waals surface area contributed by atoms with Crippen LogP contribution in [0.1, 0.15) is 28.5 Å². The minimum atomic E-state index is -0.633. The number of hydrogen-bond acceptors (Lipinski definition) is 6. The van der Waals surface area contributed by atoms with Crippen LogP contribution in [0.5, 0.6) is 0 Å². The highest BCUT2D eigenvalue weighted by Crippen LogP contribution is 2.28. The number of nitrogens with one attached hydrogen (secondary N) is 1. The summed E-state index contributed by atoms with van der Waals surface area (Å²) in [6, 6.07) is 14.9. The molecule has 2 aromatic heterocycles. The van der Waals surface area contributed by atoms with E-state index in [1.165, 1.54) is 4.90 Å². The van der Waals surface area contributed by atoms with E-state index in [-0.39, 0.29) is 24.2 Å². The molecule has 8 heteroatoms. The fourth-order valence-corrected chi connectivity index (χ4v) is 3.93. The average molecular weight is 394 g/mol. The van der Waals surface area contributed by atoms with Gasteiger partial charge in [-0.25, -0.2) is 9.78 Å². The van der Waals surface area contributed by atoms with Crippen LogP contribution < -0.4 is 0 Å². The highest BCUT2D eigenvalue weighted by molar-refractivity contribution is 7.18. The van der Waals surface area contributed by atoms with Gasteiger partial charge in [0.25, 0.3) is 5.91 Å². The first-order valence-electron chi connectivity index (χ1n) is 8.76. The quantitative estimate of drug-likeness (QED) is 0.523. The van der Waals surface area contributed by atoms with Gasteiger partial charge < -0.3 is 9.64 Å². The molecule has 0 spiro atoms. The van der Waals surface area contributed by atoms with Gasteiger partial charge in [-0.3, -0.25) is 9.89 Å². The molecule has 2 heterocycles. The number of aromatic amines is 1. The first kappa shape index (κ1) is 18.1. The fourth-order valence-electron chi connectivity index (χ4n) is 2.87. The molecule has 0 saturated heterocycles. The number of thiazole rings is 1. The number of ether oxygens (including phenoxy) is 1. The van der Waals surface area contributed by atoms with Gasteiger partial charge in [-0.1, -0.05) is 30.3 Å². The molecule has 28 heavy (non-hydrogen) atoms. The molecule has 142 valence electrons. The van der Waals surface area contributed by atoms with Crippen molar-refractivity contribution in [3.63, 3.8) is 0 Å². The Balaban J connectivity index is 1.42. The van der Waals surface area contributed by atoms with Gasteiger partial charge in [-0.15, -0.1) is 11.3 Å². The molecular weight excluding hydrogens is 376 g/mol. The second kappa shape index (κ2) is 7.40.